The number of carbonyl (C=O) groups excluding carboxylic acids is 1. The first-order valence-corrected chi connectivity index (χ1v) is 8.40. The van der Waals surface area contributed by atoms with Gasteiger partial charge in [0, 0.05) is 24.3 Å². The maximum absolute atomic E-state index is 12.8. The first-order valence-electron chi connectivity index (χ1n) is 8.40. The second kappa shape index (κ2) is 6.84. The van der Waals surface area contributed by atoms with Crippen LogP contribution in [0.2, 0.25) is 0 Å². The Labute approximate surface area is 149 Å². The van der Waals surface area contributed by atoms with E-state index in [2.05, 4.69) is 9.97 Å². The molecule has 0 saturated carbocycles. The van der Waals surface area contributed by atoms with Gasteiger partial charge in [0.25, 0.3) is 11.8 Å². The second-order valence-corrected chi connectivity index (χ2v) is 6.10. The average Bonchev–Trinajstić information content (AvgIpc) is 3.12. The van der Waals surface area contributed by atoms with E-state index in [0.29, 0.717) is 24.4 Å². The molecule has 3 aromatic rings. The van der Waals surface area contributed by atoms with Crippen LogP contribution in [0.1, 0.15) is 29.1 Å². The van der Waals surface area contributed by atoms with E-state index >= 15 is 0 Å². The van der Waals surface area contributed by atoms with Crippen molar-refractivity contribution in [2.75, 3.05) is 13.1 Å². The van der Waals surface area contributed by atoms with Gasteiger partial charge < -0.3 is 14.1 Å². The van der Waals surface area contributed by atoms with Gasteiger partial charge in [-0.1, -0.05) is 18.2 Å². The number of furan rings is 1. The first kappa shape index (κ1) is 16.1. The number of rotatable bonds is 3. The summed E-state index contributed by atoms with van der Waals surface area (Å²) in [6.07, 6.45) is 4.28. The van der Waals surface area contributed by atoms with Crippen molar-refractivity contribution in [3.8, 4) is 11.9 Å². The van der Waals surface area contributed by atoms with Gasteiger partial charge in [-0.15, -0.1) is 0 Å². The van der Waals surface area contributed by atoms with Gasteiger partial charge in [0.15, 0.2) is 5.76 Å². The molecule has 2 aromatic heterocycles. The third kappa shape index (κ3) is 3.09. The maximum atomic E-state index is 12.8. The zero-order chi connectivity index (χ0) is 17.9. The van der Waals surface area contributed by atoms with Crippen molar-refractivity contribution in [1.82, 2.24) is 14.9 Å². The Bertz CT molecular complexity index is 959. The molecule has 0 radical (unpaired) electrons. The topological polar surface area (TPSA) is 92.2 Å². The molecule has 0 spiro atoms. The lowest BCUT2D eigenvalue weighted by molar-refractivity contribution is 0.0501. The molecule has 0 N–H and O–H groups in total. The van der Waals surface area contributed by atoms with E-state index in [9.17, 15) is 4.79 Å². The number of ether oxygens (including phenoxy) is 1. The molecule has 1 aliphatic heterocycles. The Hall–Kier alpha value is -3.40. The summed E-state index contributed by atoms with van der Waals surface area (Å²) in [5, 5.41) is 10.00. The number of aromatic nitrogens is 2. The largest absolute Gasteiger partial charge is 0.470 e. The maximum Gasteiger partial charge on any atom is 0.289 e. The van der Waals surface area contributed by atoms with Crippen molar-refractivity contribution in [1.29, 1.82) is 5.26 Å². The molecule has 1 saturated heterocycles. The van der Waals surface area contributed by atoms with Gasteiger partial charge in [-0.25, -0.2) is 9.97 Å². The highest BCUT2D eigenvalue weighted by Crippen LogP contribution is 2.23. The van der Waals surface area contributed by atoms with Crippen LogP contribution in [0, 0.1) is 11.3 Å². The molecular formula is C19H16N4O3. The SMILES string of the molecule is N#Cc1nccnc1O[C@H]1CCCN(C(=O)c2cc3ccccc3o2)C1. The highest BCUT2D eigenvalue weighted by atomic mass is 16.5. The number of nitriles is 1. The van der Waals surface area contributed by atoms with E-state index in [1.807, 2.05) is 30.3 Å². The molecule has 1 aromatic carbocycles. The lowest BCUT2D eigenvalue weighted by atomic mass is 10.1. The monoisotopic (exact) mass is 348 g/mol. The van der Waals surface area contributed by atoms with Gasteiger partial charge in [0.05, 0.1) is 6.54 Å². The van der Waals surface area contributed by atoms with Crippen LogP contribution in [0.15, 0.2) is 47.1 Å². The van der Waals surface area contributed by atoms with E-state index in [1.54, 1.807) is 11.0 Å². The number of piperidine rings is 1. The van der Waals surface area contributed by atoms with Crippen molar-refractivity contribution < 1.29 is 13.9 Å². The zero-order valence-electron chi connectivity index (χ0n) is 14.0. The van der Waals surface area contributed by atoms with E-state index in [0.717, 1.165) is 18.2 Å². The number of hydrogen-bond acceptors (Lipinski definition) is 6. The molecular weight excluding hydrogens is 332 g/mol. The molecule has 7 heteroatoms. The van der Waals surface area contributed by atoms with Crippen LogP contribution in [-0.2, 0) is 0 Å². The van der Waals surface area contributed by atoms with Crippen LogP contribution < -0.4 is 4.74 Å². The Morgan fingerprint density at radius 2 is 2.15 bits per heavy atom. The molecule has 1 fully saturated rings. The van der Waals surface area contributed by atoms with Crippen LogP contribution in [0.3, 0.4) is 0 Å². The molecule has 1 amide bonds. The Kier molecular flexibility index (Phi) is 4.23. The van der Waals surface area contributed by atoms with Crippen molar-refractivity contribution >= 4 is 16.9 Å². The van der Waals surface area contributed by atoms with E-state index in [1.165, 1.54) is 12.4 Å². The summed E-state index contributed by atoms with van der Waals surface area (Å²) in [5.41, 5.74) is 0.840. The van der Waals surface area contributed by atoms with Crippen LogP contribution in [0.5, 0.6) is 5.88 Å². The molecule has 0 unspecified atom stereocenters. The summed E-state index contributed by atoms with van der Waals surface area (Å²) >= 11 is 0. The van der Waals surface area contributed by atoms with Crippen LogP contribution in [-0.4, -0.2) is 40.0 Å². The Balaban J connectivity index is 1.49. The van der Waals surface area contributed by atoms with E-state index in [4.69, 9.17) is 14.4 Å². The molecule has 130 valence electrons. The number of hydrogen-bond donors (Lipinski definition) is 0. The molecule has 0 bridgehead atoms. The lowest BCUT2D eigenvalue weighted by Crippen LogP contribution is -2.44. The van der Waals surface area contributed by atoms with Crippen LogP contribution in [0.4, 0.5) is 0 Å². The summed E-state index contributed by atoms with van der Waals surface area (Å²) in [7, 11) is 0. The molecule has 7 nitrogen and oxygen atoms in total. The van der Waals surface area contributed by atoms with Crippen molar-refractivity contribution in [3.63, 3.8) is 0 Å². The molecule has 1 atom stereocenters. The molecule has 0 aliphatic carbocycles. The second-order valence-electron chi connectivity index (χ2n) is 6.10. The number of para-hydroxylation sites is 1. The van der Waals surface area contributed by atoms with Gasteiger partial charge >= 0.3 is 0 Å². The standard InChI is InChI=1S/C19H16N4O3/c20-11-15-18(22-8-7-21-15)25-14-5-3-9-23(12-14)19(24)17-10-13-4-1-2-6-16(13)26-17/h1-2,4,6-8,10,14H,3,5,9,12H2/t14-/m0/s1. The lowest BCUT2D eigenvalue weighted by Gasteiger charge is -2.32. The summed E-state index contributed by atoms with van der Waals surface area (Å²) in [6.45, 7) is 1.05. The Morgan fingerprint density at radius 1 is 1.31 bits per heavy atom. The minimum Gasteiger partial charge on any atom is -0.470 e. The first-order chi connectivity index (χ1) is 12.7. The summed E-state index contributed by atoms with van der Waals surface area (Å²) in [4.78, 5) is 22.5. The number of benzene rings is 1. The third-order valence-electron chi connectivity index (χ3n) is 4.35. The average molecular weight is 348 g/mol. The predicted octanol–water partition coefficient (Wildman–Crippen LogP) is 2.78. The number of nitrogens with zero attached hydrogens (tertiary/aromatic N) is 4. The van der Waals surface area contributed by atoms with E-state index in [-0.39, 0.29) is 23.6 Å². The number of carbonyl (C=O) groups is 1. The minimum absolute atomic E-state index is 0.147. The van der Waals surface area contributed by atoms with Gasteiger partial charge in [-0.2, -0.15) is 5.26 Å². The van der Waals surface area contributed by atoms with Gasteiger partial charge in [-0.3, -0.25) is 4.79 Å². The fourth-order valence-corrected chi connectivity index (χ4v) is 3.11. The quantitative estimate of drug-likeness (QED) is 0.723. The van der Waals surface area contributed by atoms with Crippen LogP contribution in [0.25, 0.3) is 11.0 Å². The van der Waals surface area contributed by atoms with E-state index < -0.39 is 0 Å². The van der Waals surface area contributed by atoms with Crippen molar-refractivity contribution in [2.24, 2.45) is 0 Å². The smallest absolute Gasteiger partial charge is 0.289 e. The van der Waals surface area contributed by atoms with Gasteiger partial charge in [-0.05, 0) is 25.0 Å². The van der Waals surface area contributed by atoms with Gasteiger partial charge in [0.2, 0.25) is 5.69 Å². The normalized spacial score (nSPS) is 17.0. The molecule has 1 aliphatic rings. The fraction of sp³-hybridized carbons (Fsp3) is 0.263. The van der Waals surface area contributed by atoms with Gasteiger partial charge in [0.1, 0.15) is 17.8 Å². The Morgan fingerprint density at radius 3 is 3.00 bits per heavy atom. The number of amides is 1. The van der Waals surface area contributed by atoms with Crippen molar-refractivity contribution in [2.45, 2.75) is 18.9 Å². The van der Waals surface area contributed by atoms with Crippen LogP contribution >= 0.6 is 0 Å². The minimum atomic E-state index is -0.235. The highest BCUT2D eigenvalue weighted by molar-refractivity contribution is 5.96. The molecule has 26 heavy (non-hydrogen) atoms. The number of fused-ring (bicyclic) bond motifs is 1. The summed E-state index contributed by atoms with van der Waals surface area (Å²) in [5.74, 6) is 0.372. The number of likely N-dealkylation sites (tertiary alicyclic amines) is 1. The predicted molar refractivity (Wildman–Crippen MR) is 92.5 cm³/mol. The molecule has 4 rings (SSSR count). The summed E-state index contributed by atoms with van der Waals surface area (Å²) in [6, 6.07) is 11.3. The molecule has 3 heterocycles. The zero-order valence-corrected chi connectivity index (χ0v) is 14.0. The highest BCUT2D eigenvalue weighted by Gasteiger charge is 2.28. The summed E-state index contributed by atoms with van der Waals surface area (Å²) < 4.78 is 11.5. The fourth-order valence-electron chi connectivity index (χ4n) is 3.11. The third-order valence-corrected chi connectivity index (χ3v) is 4.35. The van der Waals surface area contributed by atoms with Crippen molar-refractivity contribution in [3.05, 3.63) is 54.2 Å².